The van der Waals surface area contributed by atoms with E-state index in [1.165, 1.54) is 70.3 Å². The van der Waals surface area contributed by atoms with Crippen molar-refractivity contribution in [1.29, 1.82) is 0 Å². The molecule has 0 aliphatic rings. The fourth-order valence-electron chi connectivity index (χ4n) is 2.75. The van der Waals surface area contributed by atoms with Gasteiger partial charge in [-0.1, -0.05) is 71.1 Å². The van der Waals surface area contributed by atoms with Gasteiger partial charge in [0.25, 0.3) is 0 Å². The molecular weight excluding hydrogens is 418 g/mol. The van der Waals surface area contributed by atoms with E-state index in [1.54, 1.807) is 12.1 Å². The number of hydrogen-bond acceptors (Lipinski definition) is 8. The van der Waals surface area contributed by atoms with E-state index in [0.29, 0.717) is 5.75 Å². The van der Waals surface area contributed by atoms with Crippen molar-refractivity contribution in [1.82, 2.24) is 0 Å². The molecule has 0 unspecified atom stereocenters. The van der Waals surface area contributed by atoms with Gasteiger partial charge in [-0.2, -0.15) is 0 Å². The smallest absolute Gasteiger partial charge is 0.324 e. The Morgan fingerprint density at radius 3 is 1.41 bits per heavy atom. The van der Waals surface area contributed by atoms with Gasteiger partial charge in [0.2, 0.25) is 0 Å². The Kier molecular flexibility index (Phi) is 23.4. The van der Waals surface area contributed by atoms with E-state index < -0.39 is 17.2 Å². The van der Waals surface area contributed by atoms with Crippen LogP contribution in [0.2, 0.25) is 0 Å². The number of aromatic hydroxyl groups is 2. The van der Waals surface area contributed by atoms with Crippen LogP contribution in [-0.4, -0.2) is 39.6 Å². The average Bonchev–Trinajstić information content (AvgIpc) is 2.61. The first-order valence-electron chi connectivity index (χ1n) is 9.95. The topological polar surface area (TPSA) is 162 Å². The number of phenols is 2. The van der Waals surface area contributed by atoms with Crippen LogP contribution in [0.25, 0.3) is 0 Å². The molecule has 172 valence electrons. The van der Waals surface area contributed by atoms with E-state index in [1.807, 2.05) is 0 Å². The predicted molar refractivity (Wildman–Crippen MR) is 117 cm³/mol. The lowest BCUT2D eigenvalue weighted by Gasteiger charge is -2.05. The van der Waals surface area contributed by atoms with Gasteiger partial charge in [0.15, 0.2) is 0 Å². The molecule has 0 bridgehead atoms. The zero-order chi connectivity index (χ0) is 22.5. The fourth-order valence-corrected chi connectivity index (χ4v) is 2.75. The maximum absolute atomic E-state index is 9.69. The van der Waals surface area contributed by atoms with Crippen LogP contribution in [0.15, 0.2) is 18.2 Å². The Balaban J connectivity index is 0. The van der Waals surface area contributed by atoms with Crippen molar-refractivity contribution in [3.05, 3.63) is 23.8 Å². The zero-order valence-corrected chi connectivity index (χ0v) is 19.0. The molecule has 0 spiro atoms. The number of hydrogen-bond donors (Lipinski definition) is 8. The highest BCUT2D eigenvalue weighted by atomic mass is 31.2. The molecule has 0 saturated carbocycles. The van der Waals surface area contributed by atoms with Crippen LogP contribution < -0.4 is 0 Å². The van der Waals surface area contributed by atoms with Crippen LogP contribution in [0.4, 0.5) is 0 Å². The summed E-state index contributed by atoms with van der Waals surface area (Å²) in [5.41, 5.74) is 0.867. The van der Waals surface area contributed by atoms with Crippen LogP contribution in [0.1, 0.15) is 83.1 Å². The molecule has 0 atom stereocenters. The minimum atomic E-state index is -2.62. The van der Waals surface area contributed by atoms with Crippen molar-refractivity contribution < 1.29 is 39.6 Å². The van der Waals surface area contributed by atoms with Crippen LogP contribution in [0.5, 0.6) is 11.5 Å². The minimum Gasteiger partial charge on any atom is -0.508 e. The third-order valence-electron chi connectivity index (χ3n) is 4.11. The molecule has 0 saturated heterocycles. The lowest BCUT2D eigenvalue weighted by Crippen LogP contribution is -1.87. The highest BCUT2D eigenvalue weighted by Crippen LogP contribution is 2.24. The largest absolute Gasteiger partial charge is 0.508 e. The van der Waals surface area contributed by atoms with Gasteiger partial charge in [0.1, 0.15) is 11.5 Å². The second-order valence-corrected chi connectivity index (χ2v) is 7.71. The maximum atomic E-state index is 9.69. The molecule has 1 aromatic rings. The molecule has 0 amide bonds. The summed E-state index contributed by atoms with van der Waals surface area (Å²) in [6, 6.07) is 4.77. The predicted octanol–water partition coefficient (Wildman–Crippen LogP) is 4.33. The van der Waals surface area contributed by atoms with E-state index >= 15 is 0 Å². The first-order chi connectivity index (χ1) is 13.7. The number of rotatable bonds is 12. The summed E-state index contributed by atoms with van der Waals surface area (Å²) >= 11 is 0. The standard InChI is InChI=1S/C19H32O2.2H3O3P/c1-2-3-4-5-6-7-8-9-10-11-12-13-17-16-18(20)14-15-19(17)21;2*1-4(2)3/h14-16,20-21H,2-13H2,1H3;2*1-3H. The molecule has 10 heteroatoms. The summed E-state index contributed by atoms with van der Waals surface area (Å²) in [6.07, 6.45) is 15.5. The fraction of sp³-hybridized carbons (Fsp3) is 0.684. The Labute approximate surface area is 176 Å². The third-order valence-corrected chi connectivity index (χ3v) is 4.11. The van der Waals surface area contributed by atoms with Gasteiger partial charge in [-0.05, 0) is 36.6 Å². The normalized spacial score (nSPS) is 10.4. The molecule has 0 heterocycles. The lowest BCUT2D eigenvalue weighted by molar-refractivity contribution is 0.366. The minimum absolute atomic E-state index is 0.242. The average molecular weight is 456 g/mol. The summed E-state index contributed by atoms with van der Waals surface area (Å²) in [6.45, 7) is 2.26. The molecule has 0 radical (unpaired) electrons. The Bertz CT molecular complexity index is 464. The van der Waals surface area contributed by atoms with Gasteiger partial charge in [0.05, 0.1) is 0 Å². The van der Waals surface area contributed by atoms with Gasteiger partial charge in [-0.25, -0.2) is 0 Å². The van der Waals surface area contributed by atoms with E-state index in [9.17, 15) is 10.2 Å². The van der Waals surface area contributed by atoms with Crippen molar-refractivity contribution in [2.24, 2.45) is 0 Å². The second-order valence-electron chi connectivity index (χ2n) is 6.64. The summed E-state index contributed by atoms with van der Waals surface area (Å²) in [5, 5.41) is 19.1. The molecule has 0 aromatic heterocycles. The summed E-state index contributed by atoms with van der Waals surface area (Å²) in [5.74, 6) is 0.547. The van der Waals surface area contributed by atoms with Gasteiger partial charge in [-0.15, -0.1) is 0 Å². The maximum Gasteiger partial charge on any atom is 0.324 e. The highest BCUT2D eigenvalue weighted by molar-refractivity contribution is 7.38. The van der Waals surface area contributed by atoms with E-state index in [4.69, 9.17) is 29.4 Å². The van der Waals surface area contributed by atoms with Gasteiger partial charge < -0.3 is 39.6 Å². The first-order valence-corrected chi connectivity index (χ1v) is 12.3. The lowest BCUT2D eigenvalue weighted by atomic mass is 10.0. The molecule has 8 nitrogen and oxygen atoms in total. The summed E-state index contributed by atoms with van der Waals surface area (Å²) in [7, 11) is -5.24. The van der Waals surface area contributed by atoms with Crippen molar-refractivity contribution in [2.75, 3.05) is 0 Å². The number of aryl methyl sites for hydroxylation is 1. The van der Waals surface area contributed by atoms with Crippen LogP contribution >= 0.6 is 17.2 Å². The van der Waals surface area contributed by atoms with Crippen molar-refractivity contribution >= 4 is 17.2 Å². The molecule has 0 fully saturated rings. The van der Waals surface area contributed by atoms with E-state index in [2.05, 4.69) is 6.92 Å². The molecule has 29 heavy (non-hydrogen) atoms. The van der Waals surface area contributed by atoms with Crippen molar-refractivity contribution in [3.8, 4) is 11.5 Å². The summed E-state index contributed by atoms with van der Waals surface area (Å²) in [4.78, 5) is 43.4. The summed E-state index contributed by atoms with van der Waals surface area (Å²) < 4.78 is 0. The molecule has 8 N–H and O–H groups in total. The Morgan fingerprint density at radius 2 is 1.00 bits per heavy atom. The molecule has 1 rings (SSSR count). The van der Waals surface area contributed by atoms with Gasteiger partial charge in [0, 0.05) is 0 Å². The number of benzene rings is 1. The number of phenolic OH excluding ortho intramolecular Hbond substituents is 2. The second kappa shape index (κ2) is 22.1. The van der Waals surface area contributed by atoms with Gasteiger partial charge >= 0.3 is 17.2 Å². The van der Waals surface area contributed by atoms with E-state index in [0.717, 1.165) is 18.4 Å². The Morgan fingerprint density at radius 1 is 0.621 bits per heavy atom. The van der Waals surface area contributed by atoms with Crippen LogP contribution in [-0.2, 0) is 6.42 Å². The Hall–Kier alpha value is -0.560. The zero-order valence-electron chi connectivity index (χ0n) is 17.2. The molecule has 0 aliphatic heterocycles. The first kappa shape index (κ1) is 30.6. The van der Waals surface area contributed by atoms with Crippen molar-refractivity contribution in [2.45, 2.75) is 84.0 Å². The molecular formula is C19H38O8P2. The third kappa shape index (κ3) is 27.4. The van der Waals surface area contributed by atoms with Gasteiger partial charge in [-0.3, -0.25) is 0 Å². The molecule has 0 aliphatic carbocycles. The van der Waals surface area contributed by atoms with Crippen LogP contribution in [0, 0.1) is 0 Å². The number of unbranched alkanes of at least 4 members (excludes halogenated alkanes) is 10. The highest BCUT2D eigenvalue weighted by Gasteiger charge is 2.02. The molecule has 1 aromatic carbocycles. The van der Waals surface area contributed by atoms with Crippen LogP contribution in [0.3, 0.4) is 0 Å². The van der Waals surface area contributed by atoms with Crippen molar-refractivity contribution in [3.63, 3.8) is 0 Å². The quantitative estimate of drug-likeness (QED) is 0.131. The van der Waals surface area contributed by atoms with E-state index in [-0.39, 0.29) is 5.75 Å². The monoisotopic (exact) mass is 456 g/mol. The SMILES string of the molecule is CCCCCCCCCCCCCc1cc(O)ccc1O.OP(O)O.OP(O)O.